The fourth-order valence-electron chi connectivity index (χ4n) is 0.678. The molecule has 0 aromatic heterocycles. The first-order valence-corrected chi connectivity index (χ1v) is 3.25. The Hall–Kier alpha value is -1.03. The average molecular weight is 195 g/mol. The Morgan fingerprint density at radius 3 is 2.33 bits per heavy atom. The maximum Gasteiger partial charge on any atom is 0.335 e. The van der Waals surface area contributed by atoms with Crippen molar-refractivity contribution in [1.82, 2.24) is 0 Å². The first-order chi connectivity index (χ1) is 5.54. The number of carbonyl (C=O) groups excluding carboxylic acids is 1. The summed E-state index contributed by atoms with van der Waals surface area (Å²) in [5.74, 6) is -2.98. The number of carbonyl (C=O) groups is 1. The summed E-state index contributed by atoms with van der Waals surface area (Å²) in [6.45, 7) is 0. The van der Waals surface area contributed by atoms with Crippen LogP contribution in [0.5, 0.6) is 0 Å². The Morgan fingerprint density at radius 2 is 1.83 bits per heavy atom. The van der Waals surface area contributed by atoms with Gasteiger partial charge in [0.15, 0.2) is 11.6 Å². The minimum atomic E-state index is -2.02. The van der Waals surface area contributed by atoms with E-state index in [-0.39, 0.29) is 0 Å². The molecule has 0 saturated heterocycles. The zero-order valence-electron chi connectivity index (χ0n) is 5.57. The standard InChI is InChI=1S/C7H2ClF3O/c8-4-2-1-3(7(11)12)5(9)6(4)10/h1-2H. The molecule has 0 unspecified atom stereocenters. The topological polar surface area (TPSA) is 17.1 Å². The van der Waals surface area contributed by atoms with Crippen LogP contribution >= 0.6 is 11.6 Å². The third-order valence-corrected chi connectivity index (χ3v) is 1.54. The molecule has 1 rings (SSSR count). The normalized spacial score (nSPS) is 10.0. The number of rotatable bonds is 1. The second kappa shape index (κ2) is 3.15. The van der Waals surface area contributed by atoms with Gasteiger partial charge < -0.3 is 0 Å². The van der Waals surface area contributed by atoms with Crippen molar-refractivity contribution in [3.05, 3.63) is 34.4 Å². The third kappa shape index (κ3) is 1.43. The number of hydrogen-bond donors (Lipinski definition) is 0. The maximum absolute atomic E-state index is 12.6. The van der Waals surface area contributed by atoms with Crippen molar-refractivity contribution in [2.45, 2.75) is 0 Å². The Balaban J connectivity index is 3.36. The van der Waals surface area contributed by atoms with Gasteiger partial charge in [-0.05, 0) is 12.1 Å². The molecule has 1 aromatic rings. The molecule has 0 heterocycles. The van der Waals surface area contributed by atoms with E-state index in [0.717, 1.165) is 12.1 Å². The van der Waals surface area contributed by atoms with Gasteiger partial charge in [0.25, 0.3) is 0 Å². The van der Waals surface area contributed by atoms with Crippen LogP contribution < -0.4 is 0 Å². The lowest BCUT2D eigenvalue weighted by Gasteiger charge is -1.98. The Morgan fingerprint density at radius 1 is 1.25 bits per heavy atom. The summed E-state index contributed by atoms with van der Waals surface area (Å²) in [7, 11) is 0. The monoisotopic (exact) mass is 194 g/mol. The van der Waals surface area contributed by atoms with Crippen LogP contribution in [0.4, 0.5) is 13.2 Å². The molecule has 0 saturated carbocycles. The highest BCUT2D eigenvalue weighted by atomic mass is 35.5. The largest absolute Gasteiger partial charge is 0.335 e. The highest BCUT2D eigenvalue weighted by Crippen LogP contribution is 2.20. The van der Waals surface area contributed by atoms with Crippen LogP contribution in [0, 0.1) is 11.6 Å². The molecule has 0 spiro atoms. The smallest absolute Gasteiger partial charge is 0.255 e. The van der Waals surface area contributed by atoms with Gasteiger partial charge in [0.05, 0.1) is 10.6 Å². The van der Waals surface area contributed by atoms with E-state index in [2.05, 4.69) is 0 Å². The summed E-state index contributed by atoms with van der Waals surface area (Å²) in [4.78, 5) is 10.0. The van der Waals surface area contributed by atoms with Gasteiger partial charge in [-0.15, -0.1) is 0 Å². The molecule has 5 heteroatoms. The molecule has 0 bridgehead atoms. The molecule has 0 fully saturated rings. The lowest BCUT2D eigenvalue weighted by molar-refractivity contribution is 0.0830. The fourth-order valence-corrected chi connectivity index (χ4v) is 0.824. The first-order valence-electron chi connectivity index (χ1n) is 2.87. The predicted molar refractivity (Wildman–Crippen MR) is 36.8 cm³/mol. The fraction of sp³-hybridized carbons (Fsp3) is 0. The van der Waals surface area contributed by atoms with Crippen LogP contribution in [-0.2, 0) is 0 Å². The third-order valence-electron chi connectivity index (χ3n) is 1.25. The molecule has 0 aliphatic rings. The van der Waals surface area contributed by atoms with E-state index >= 15 is 0 Å². The van der Waals surface area contributed by atoms with E-state index in [9.17, 15) is 18.0 Å². The van der Waals surface area contributed by atoms with Crippen molar-refractivity contribution < 1.29 is 18.0 Å². The van der Waals surface area contributed by atoms with Crippen LogP contribution in [0.1, 0.15) is 10.4 Å². The molecule has 0 aliphatic carbocycles. The molecule has 0 radical (unpaired) electrons. The second-order valence-corrected chi connectivity index (χ2v) is 2.40. The average Bonchev–Trinajstić information content (AvgIpc) is 2.00. The van der Waals surface area contributed by atoms with Crippen LogP contribution in [0.3, 0.4) is 0 Å². The lowest BCUT2D eigenvalue weighted by Crippen LogP contribution is -1.98. The lowest BCUT2D eigenvalue weighted by atomic mass is 10.2. The summed E-state index contributed by atoms with van der Waals surface area (Å²) in [5, 5.41) is -0.488. The molecule has 0 amide bonds. The van der Waals surface area contributed by atoms with Gasteiger partial charge in [0.1, 0.15) is 0 Å². The molecular weight excluding hydrogens is 193 g/mol. The van der Waals surface area contributed by atoms with Gasteiger partial charge in [-0.25, -0.2) is 8.78 Å². The molecule has 12 heavy (non-hydrogen) atoms. The van der Waals surface area contributed by atoms with E-state index < -0.39 is 28.3 Å². The molecule has 0 N–H and O–H groups in total. The summed E-state index contributed by atoms with van der Waals surface area (Å²) in [6, 6.07) is -0.335. The van der Waals surface area contributed by atoms with Crippen LogP contribution in [-0.4, -0.2) is 6.04 Å². The van der Waals surface area contributed by atoms with Crippen molar-refractivity contribution in [3.63, 3.8) is 0 Å². The minimum absolute atomic E-state index is 0.488. The van der Waals surface area contributed by atoms with Gasteiger partial charge in [0, 0.05) is 0 Å². The van der Waals surface area contributed by atoms with Gasteiger partial charge in [-0.1, -0.05) is 11.6 Å². The van der Waals surface area contributed by atoms with Crippen molar-refractivity contribution in [1.29, 1.82) is 0 Å². The SMILES string of the molecule is O=C(F)c1ccc(Cl)c(F)c1F. The van der Waals surface area contributed by atoms with Gasteiger partial charge in [0.2, 0.25) is 0 Å². The molecule has 0 aliphatic heterocycles. The van der Waals surface area contributed by atoms with E-state index in [1.807, 2.05) is 0 Å². The van der Waals surface area contributed by atoms with E-state index in [4.69, 9.17) is 11.6 Å². The summed E-state index contributed by atoms with van der Waals surface area (Å²) in [6.07, 6.45) is 0. The second-order valence-electron chi connectivity index (χ2n) is 2.00. The predicted octanol–water partition coefficient (Wildman–Crippen LogP) is 2.73. The van der Waals surface area contributed by atoms with Crippen molar-refractivity contribution in [3.8, 4) is 0 Å². The number of hydrogen-bond acceptors (Lipinski definition) is 1. The summed E-state index contributed by atoms with van der Waals surface area (Å²) >= 11 is 5.14. The van der Waals surface area contributed by atoms with Crippen molar-refractivity contribution >= 4 is 17.6 Å². The highest BCUT2D eigenvalue weighted by Gasteiger charge is 2.16. The molecular formula is C7H2ClF3O. The maximum atomic E-state index is 12.6. The zero-order chi connectivity index (χ0) is 9.30. The quantitative estimate of drug-likeness (QED) is 0.496. The minimum Gasteiger partial charge on any atom is -0.255 e. The molecule has 64 valence electrons. The Labute approximate surface area is 70.8 Å². The summed E-state index contributed by atoms with van der Waals surface area (Å²) in [5.41, 5.74) is -0.947. The van der Waals surface area contributed by atoms with E-state index in [1.54, 1.807) is 0 Å². The van der Waals surface area contributed by atoms with Gasteiger partial charge >= 0.3 is 6.04 Å². The molecule has 0 atom stereocenters. The van der Waals surface area contributed by atoms with Gasteiger partial charge in [-0.2, -0.15) is 4.39 Å². The Bertz CT molecular complexity index is 338. The van der Waals surface area contributed by atoms with Crippen LogP contribution in [0.15, 0.2) is 12.1 Å². The number of halogens is 4. The van der Waals surface area contributed by atoms with Gasteiger partial charge in [-0.3, -0.25) is 4.79 Å². The Kier molecular flexibility index (Phi) is 2.38. The van der Waals surface area contributed by atoms with Crippen LogP contribution in [0.25, 0.3) is 0 Å². The van der Waals surface area contributed by atoms with Crippen molar-refractivity contribution in [2.24, 2.45) is 0 Å². The molecule has 1 aromatic carbocycles. The highest BCUT2D eigenvalue weighted by molar-refractivity contribution is 6.30. The number of benzene rings is 1. The first kappa shape index (κ1) is 9.06. The van der Waals surface area contributed by atoms with Crippen LogP contribution in [0.2, 0.25) is 5.02 Å². The van der Waals surface area contributed by atoms with E-state index in [0.29, 0.717) is 0 Å². The zero-order valence-corrected chi connectivity index (χ0v) is 6.33. The van der Waals surface area contributed by atoms with E-state index in [1.165, 1.54) is 0 Å². The summed E-state index contributed by atoms with van der Waals surface area (Å²) < 4.78 is 37.0. The van der Waals surface area contributed by atoms with Crippen molar-refractivity contribution in [2.75, 3.05) is 0 Å². The molecule has 1 nitrogen and oxygen atoms in total.